The maximum atomic E-state index is 3.77. The van der Waals surface area contributed by atoms with E-state index in [1.165, 1.54) is 10.2 Å². The third-order valence-electron chi connectivity index (χ3n) is 2.04. The number of aromatic amines is 1. The van der Waals surface area contributed by atoms with E-state index in [9.17, 15) is 0 Å². The molecule has 0 unspecified atom stereocenters. The molecule has 0 radical (unpaired) electrons. The van der Waals surface area contributed by atoms with Gasteiger partial charge in [-0.1, -0.05) is 0 Å². The summed E-state index contributed by atoms with van der Waals surface area (Å²) in [5.74, 6) is 0. The van der Waals surface area contributed by atoms with Crippen molar-refractivity contribution in [1.29, 1.82) is 0 Å². The van der Waals surface area contributed by atoms with Crippen LogP contribution in [0, 0.1) is 0 Å². The van der Waals surface area contributed by atoms with Crippen molar-refractivity contribution in [3.63, 3.8) is 0 Å². The van der Waals surface area contributed by atoms with Crippen LogP contribution < -0.4 is 4.59 Å². The van der Waals surface area contributed by atoms with Crippen LogP contribution in [0.3, 0.4) is 0 Å². The normalized spacial score (nSPS) is 16.8. The van der Waals surface area contributed by atoms with Gasteiger partial charge in [0.1, 0.15) is 0 Å². The van der Waals surface area contributed by atoms with E-state index in [1.807, 2.05) is 12.3 Å². The van der Waals surface area contributed by atoms with Crippen molar-refractivity contribution in [2.24, 2.45) is 0 Å². The topological polar surface area (TPSA) is 15.8 Å². The zero-order valence-electron chi connectivity index (χ0n) is 7.40. The Morgan fingerprint density at radius 2 is 2.15 bits per heavy atom. The van der Waals surface area contributed by atoms with Crippen LogP contribution in [0.2, 0.25) is 0 Å². The zero-order chi connectivity index (χ0) is 9.10. The van der Waals surface area contributed by atoms with E-state index >= 15 is 0 Å². The fourth-order valence-corrected chi connectivity index (χ4v) is 4.98. The van der Waals surface area contributed by atoms with Gasteiger partial charge in [0.05, 0.1) is 0 Å². The molecule has 0 atom stereocenters. The summed E-state index contributed by atoms with van der Waals surface area (Å²) in [6.45, 7) is 3.77. The molecule has 13 heavy (non-hydrogen) atoms. The van der Waals surface area contributed by atoms with Gasteiger partial charge in [0.15, 0.2) is 0 Å². The Hall–Kier alpha value is -0.981. The molecule has 0 bridgehead atoms. The fraction of sp³-hybridized carbons (Fsp3) is 0.0909. The molecule has 1 N–H and O–H groups in total. The SMILES string of the molecule is C=CCc1cc[nH]c1[SeH]1C=CC=C1. The molecule has 1 aliphatic heterocycles. The van der Waals surface area contributed by atoms with Crippen LogP contribution in [0.15, 0.2) is 47.0 Å². The van der Waals surface area contributed by atoms with Crippen LogP contribution in [0.5, 0.6) is 0 Å². The molecule has 1 nitrogen and oxygen atoms in total. The standard InChI is InChI=1S/C11H13NSe/c1-2-5-10-6-7-12-11(10)13-8-3-4-9-13/h2-4,6-9,12-13H,1,5H2. The molecule has 0 amide bonds. The Bertz CT molecular complexity index is 348. The Labute approximate surface area is 82.7 Å². The first-order chi connectivity index (χ1) is 6.42. The van der Waals surface area contributed by atoms with Crippen molar-refractivity contribution in [3.05, 3.63) is 52.6 Å². The van der Waals surface area contributed by atoms with Gasteiger partial charge in [0.25, 0.3) is 0 Å². The van der Waals surface area contributed by atoms with Crippen molar-refractivity contribution in [3.8, 4) is 0 Å². The van der Waals surface area contributed by atoms with Gasteiger partial charge in [-0.05, 0) is 0 Å². The van der Waals surface area contributed by atoms with Crippen LogP contribution in [0.4, 0.5) is 0 Å². The van der Waals surface area contributed by atoms with Gasteiger partial charge >= 0.3 is 82.5 Å². The Morgan fingerprint density at radius 1 is 1.38 bits per heavy atom. The van der Waals surface area contributed by atoms with Crippen molar-refractivity contribution in [1.82, 2.24) is 4.98 Å². The number of nitrogens with one attached hydrogen (secondary N) is 1. The quantitative estimate of drug-likeness (QED) is 0.605. The molecular formula is C11H13NSe. The van der Waals surface area contributed by atoms with Gasteiger partial charge in [-0.2, -0.15) is 0 Å². The molecule has 0 fully saturated rings. The third-order valence-corrected chi connectivity index (χ3v) is 6.06. The van der Waals surface area contributed by atoms with Crippen molar-refractivity contribution >= 4 is 18.5 Å². The van der Waals surface area contributed by atoms with E-state index in [0.29, 0.717) is 0 Å². The summed E-state index contributed by atoms with van der Waals surface area (Å²) < 4.78 is 1.44. The second-order valence-electron chi connectivity index (χ2n) is 2.93. The van der Waals surface area contributed by atoms with Crippen LogP contribution in [0.25, 0.3) is 0 Å². The summed E-state index contributed by atoms with van der Waals surface area (Å²) in [6.07, 6.45) is 9.27. The molecule has 0 aliphatic carbocycles. The Balaban J connectivity index is 2.28. The van der Waals surface area contributed by atoms with Crippen LogP contribution >= 0.6 is 0 Å². The van der Waals surface area contributed by atoms with Gasteiger partial charge in [-0.3, -0.25) is 0 Å². The van der Waals surface area contributed by atoms with Gasteiger partial charge in [0, 0.05) is 0 Å². The Kier molecular flexibility index (Phi) is 2.53. The summed E-state index contributed by atoms with van der Waals surface area (Å²) >= 11 is -0.994. The first-order valence-electron chi connectivity index (χ1n) is 4.32. The molecule has 0 saturated carbocycles. The summed E-state index contributed by atoms with van der Waals surface area (Å²) in [6, 6.07) is 2.16. The molecule has 1 aliphatic rings. The van der Waals surface area contributed by atoms with Gasteiger partial charge in [0.2, 0.25) is 0 Å². The molecule has 0 saturated heterocycles. The van der Waals surface area contributed by atoms with Crippen LogP contribution in [-0.2, 0) is 6.42 Å². The average Bonchev–Trinajstić information content (AvgIpc) is 2.71. The summed E-state index contributed by atoms with van der Waals surface area (Å²) in [5.41, 5.74) is 1.41. The second-order valence-corrected chi connectivity index (χ2v) is 6.83. The summed E-state index contributed by atoms with van der Waals surface area (Å²) in [7, 11) is 0. The van der Waals surface area contributed by atoms with Crippen LogP contribution in [0.1, 0.15) is 5.56 Å². The predicted molar refractivity (Wildman–Crippen MR) is 59.8 cm³/mol. The van der Waals surface area contributed by atoms with Gasteiger partial charge in [-0.25, -0.2) is 0 Å². The molecule has 2 rings (SSSR count). The number of H-pyrrole nitrogens is 1. The maximum absolute atomic E-state index is 3.77. The van der Waals surface area contributed by atoms with Gasteiger partial charge < -0.3 is 0 Å². The third kappa shape index (κ3) is 1.69. The average molecular weight is 238 g/mol. The van der Waals surface area contributed by atoms with Crippen LogP contribution in [-0.4, -0.2) is 18.9 Å². The van der Waals surface area contributed by atoms with Crippen molar-refractivity contribution in [2.75, 3.05) is 0 Å². The van der Waals surface area contributed by atoms with E-state index in [0.717, 1.165) is 6.42 Å². The molecule has 2 heterocycles. The monoisotopic (exact) mass is 239 g/mol. The predicted octanol–water partition coefficient (Wildman–Crippen LogP) is 1.38. The second kappa shape index (κ2) is 3.82. The molecule has 68 valence electrons. The van der Waals surface area contributed by atoms with Gasteiger partial charge in [-0.15, -0.1) is 0 Å². The Morgan fingerprint density at radius 3 is 2.85 bits per heavy atom. The summed E-state index contributed by atoms with van der Waals surface area (Å²) in [4.78, 5) is 8.02. The molecule has 1 aromatic rings. The fourth-order valence-electron chi connectivity index (χ4n) is 1.44. The minimum absolute atomic E-state index is 0.978. The first kappa shape index (κ1) is 8.61. The van der Waals surface area contributed by atoms with E-state index in [-0.39, 0.29) is 0 Å². The van der Waals surface area contributed by atoms with E-state index in [2.05, 4.69) is 39.7 Å². The number of allylic oxidation sites excluding steroid dienone is 3. The first-order valence-corrected chi connectivity index (χ1v) is 7.43. The van der Waals surface area contributed by atoms with E-state index in [4.69, 9.17) is 0 Å². The number of rotatable bonds is 3. The number of aromatic nitrogens is 1. The van der Waals surface area contributed by atoms with Crippen molar-refractivity contribution in [2.45, 2.75) is 6.42 Å². The number of hydrogen-bond acceptors (Lipinski definition) is 0. The zero-order valence-corrected chi connectivity index (χ0v) is 9.28. The molecule has 0 aromatic carbocycles. The molecule has 0 spiro atoms. The molecule has 2 heteroatoms. The van der Waals surface area contributed by atoms with E-state index < -0.39 is 13.9 Å². The van der Waals surface area contributed by atoms with Crippen molar-refractivity contribution < 1.29 is 0 Å². The molecule has 1 aromatic heterocycles. The molecular weight excluding hydrogens is 225 g/mol. The summed E-state index contributed by atoms with van der Waals surface area (Å²) in [5, 5.41) is 0. The minimum atomic E-state index is -0.994. The number of hydrogen-bond donors (Lipinski definition) is 1. The van der Waals surface area contributed by atoms with E-state index in [1.54, 1.807) is 0 Å².